The first-order valence-electron chi connectivity index (χ1n) is 4.66. The molecule has 0 aromatic heterocycles. The summed E-state index contributed by atoms with van der Waals surface area (Å²) < 4.78 is 4.99. The van der Waals surface area contributed by atoms with Gasteiger partial charge >= 0.3 is 5.97 Å². The molecule has 1 N–H and O–H groups in total. The number of rotatable bonds is 3. The maximum Gasteiger partial charge on any atom is 0.338 e. The number of hydrogen-bond acceptors (Lipinski definition) is 3. The van der Waals surface area contributed by atoms with Gasteiger partial charge in [-0.1, -0.05) is 18.7 Å². The van der Waals surface area contributed by atoms with Gasteiger partial charge in [0.15, 0.2) is 0 Å². The zero-order chi connectivity index (χ0) is 11.4. The molecule has 1 aromatic rings. The lowest BCUT2D eigenvalue weighted by Gasteiger charge is -2.06. The number of esters is 1. The Morgan fingerprint density at radius 3 is 2.33 bits per heavy atom. The molecule has 0 fully saturated rings. The van der Waals surface area contributed by atoms with Gasteiger partial charge in [0.25, 0.3) is 0 Å². The molecule has 15 heavy (non-hydrogen) atoms. The predicted molar refractivity (Wildman–Crippen MR) is 57.5 cm³/mol. The Bertz CT molecular complexity index is 363. The molecule has 0 saturated heterocycles. The van der Waals surface area contributed by atoms with Gasteiger partial charge in [0.1, 0.15) is 5.75 Å². The van der Waals surface area contributed by atoms with Crippen molar-refractivity contribution in [1.82, 2.24) is 0 Å². The van der Waals surface area contributed by atoms with Crippen LogP contribution in [0.1, 0.15) is 25.5 Å². The van der Waals surface area contributed by atoms with Crippen LogP contribution in [0.3, 0.4) is 0 Å². The van der Waals surface area contributed by atoms with E-state index in [0.29, 0.717) is 11.3 Å². The molecular formula is C12H14O3. The molecule has 1 aromatic carbocycles. The molecule has 3 nitrogen and oxygen atoms in total. The summed E-state index contributed by atoms with van der Waals surface area (Å²) in [7, 11) is 0. The standard InChI is InChI=1S/C12H14O3/c1-8(2)12(14)15-11-6-4-10(5-7-11)9(3)13/h4-7,9,13H,1H2,2-3H3. The minimum absolute atomic E-state index is 0.356. The topological polar surface area (TPSA) is 46.5 Å². The maximum absolute atomic E-state index is 11.2. The molecule has 0 aliphatic heterocycles. The average molecular weight is 206 g/mol. The van der Waals surface area contributed by atoms with Crippen LogP contribution in [0, 0.1) is 0 Å². The van der Waals surface area contributed by atoms with Crippen LogP contribution in [0.2, 0.25) is 0 Å². The smallest absolute Gasteiger partial charge is 0.338 e. The van der Waals surface area contributed by atoms with Crippen LogP contribution in [-0.4, -0.2) is 11.1 Å². The third kappa shape index (κ3) is 3.22. The molecular weight excluding hydrogens is 192 g/mol. The first-order chi connectivity index (χ1) is 7.00. The molecule has 80 valence electrons. The zero-order valence-electron chi connectivity index (χ0n) is 8.86. The summed E-state index contributed by atoms with van der Waals surface area (Å²) in [6.45, 7) is 6.75. The van der Waals surface area contributed by atoms with E-state index in [-0.39, 0.29) is 0 Å². The third-order valence-corrected chi connectivity index (χ3v) is 1.92. The van der Waals surface area contributed by atoms with Gasteiger partial charge in [-0.15, -0.1) is 0 Å². The first kappa shape index (κ1) is 11.5. The van der Waals surface area contributed by atoms with E-state index >= 15 is 0 Å². The van der Waals surface area contributed by atoms with E-state index in [1.165, 1.54) is 0 Å². The van der Waals surface area contributed by atoms with E-state index in [4.69, 9.17) is 4.74 Å². The molecule has 1 unspecified atom stereocenters. The van der Waals surface area contributed by atoms with Crippen LogP contribution in [-0.2, 0) is 4.79 Å². The van der Waals surface area contributed by atoms with Gasteiger partial charge in [-0.25, -0.2) is 4.79 Å². The van der Waals surface area contributed by atoms with Gasteiger partial charge in [0, 0.05) is 5.57 Å². The Balaban J connectivity index is 2.73. The first-order valence-corrected chi connectivity index (χ1v) is 4.66. The lowest BCUT2D eigenvalue weighted by atomic mass is 10.1. The minimum atomic E-state index is -0.518. The van der Waals surface area contributed by atoms with Crippen molar-refractivity contribution in [2.24, 2.45) is 0 Å². The number of benzene rings is 1. The Labute approximate surface area is 89.0 Å². The minimum Gasteiger partial charge on any atom is -0.423 e. The van der Waals surface area contributed by atoms with Gasteiger partial charge < -0.3 is 9.84 Å². The monoisotopic (exact) mass is 206 g/mol. The van der Waals surface area contributed by atoms with Crippen molar-refractivity contribution in [2.75, 3.05) is 0 Å². The summed E-state index contributed by atoms with van der Waals surface area (Å²) in [4.78, 5) is 11.2. The number of aliphatic hydroxyl groups is 1. The van der Waals surface area contributed by atoms with E-state index in [0.717, 1.165) is 5.56 Å². The summed E-state index contributed by atoms with van der Waals surface area (Å²) in [5, 5.41) is 9.26. The molecule has 0 aliphatic rings. The summed E-state index contributed by atoms with van der Waals surface area (Å²) in [6, 6.07) is 6.71. The number of carbonyl (C=O) groups excluding carboxylic acids is 1. The van der Waals surface area contributed by atoms with Crippen LogP contribution < -0.4 is 4.74 Å². The lowest BCUT2D eigenvalue weighted by Crippen LogP contribution is -2.08. The number of hydrogen-bond donors (Lipinski definition) is 1. The van der Waals surface area contributed by atoms with Crippen molar-refractivity contribution >= 4 is 5.97 Å². The van der Waals surface area contributed by atoms with Crippen LogP contribution in [0.5, 0.6) is 5.75 Å². The molecule has 0 radical (unpaired) electrons. The summed E-state index contributed by atoms with van der Waals surface area (Å²) in [5.41, 5.74) is 1.14. The highest BCUT2D eigenvalue weighted by molar-refractivity contribution is 5.88. The average Bonchev–Trinajstić information content (AvgIpc) is 2.18. The molecule has 3 heteroatoms. The lowest BCUT2D eigenvalue weighted by molar-refractivity contribution is -0.130. The Morgan fingerprint density at radius 1 is 1.40 bits per heavy atom. The quantitative estimate of drug-likeness (QED) is 0.468. The van der Waals surface area contributed by atoms with Crippen molar-refractivity contribution in [2.45, 2.75) is 20.0 Å². The number of ether oxygens (including phenoxy) is 1. The Morgan fingerprint density at radius 2 is 1.93 bits per heavy atom. The molecule has 0 saturated carbocycles. The molecule has 0 aliphatic carbocycles. The third-order valence-electron chi connectivity index (χ3n) is 1.92. The highest BCUT2D eigenvalue weighted by Crippen LogP contribution is 2.17. The number of carbonyl (C=O) groups is 1. The Hall–Kier alpha value is -1.61. The van der Waals surface area contributed by atoms with Crippen LogP contribution in [0.4, 0.5) is 0 Å². The molecule has 0 amide bonds. The van der Waals surface area contributed by atoms with Gasteiger partial charge in [0.05, 0.1) is 6.10 Å². The van der Waals surface area contributed by atoms with Crippen molar-refractivity contribution in [3.05, 3.63) is 42.0 Å². The second kappa shape index (κ2) is 4.75. The fourth-order valence-electron chi connectivity index (χ4n) is 1.01. The molecule has 0 bridgehead atoms. The van der Waals surface area contributed by atoms with Crippen molar-refractivity contribution < 1.29 is 14.6 Å². The largest absolute Gasteiger partial charge is 0.423 e. The van der Waals surface area contributed by atoms with Crippen LogP contribution in [0.15, 0.2) is 36.4 Å². The van der Waals surface area contributed by atoms with Crippen molar-refractivity contribution in [3.8, 4) is 5.75 Å². The zero-order valence-corrected chi connectivity index (χ0v) is 8.86. The van der Waals surface area contributed by atoms with E-state index in [1.807, 2.05) is 0 Å². The molecule has 1 atom stereocenters. The van der Waals surface area contributed by atoms with Crippen molar-refractivity contribution in [3.63, 3.8) is 0 Å². The van der Waals surface area contributed by atoms with Gasteiger partial charge in [-0.3, -0.25) is 0 Å². The SMILES string of the molecule is C=C(C)C(=O)Oc1ccc(C(C)O)cc1. The molecule has 0 heterocycles. The van der Waals surface area contributed by atoms with E-state index < -0.39 is 12.1 Å². The van der Waals surface area contributed by atoms with Gasteiger partial charge in [-0.2, -0.15) is 0 Å². The van der Waals surface area contributed by atoms with E-state index in [9.17, 15) is 9.90 Å². The number of aliphatic hydroxyl groups excluding tert-OH is 1. The second-order valence-electron chi connectivity index (χ2n) is 3.41. The van der Waals surface area contributed by atoms with E-state index in [2.05, 4.69) is 6.58 Å². The van der Waals surface area contributed by atoms with Crippen LogP contribution in [0.25, 0.3) is 0 Å². The van der Waals surface area contributed by atoms with Gasteiger partial charge in [0.2, 0.25) is 0 Å². The predicted octanol–water partition coefficient (Wildman–Crippen LogP) is 2.22. The fraction of sp³-hybridized carbons (Fsp3) is 0.250. The normalized spacial score (nSPS) is 11.9. The maximum atomic E-state index is 11.2. The summed E-state index contributed by atoms with van der Waals surface area (Å²) in [6.07, 6.45) is -0.518. The highest BCUT2D eigenvalue weighted by atomic mass is 16.5. The highest BCUT2D eigenvalue weighted by Gasteiger charge is 2.06. The van der Waals surface area contributed by atoms with E-state index in [1.54, 1.807) is 38.1 Å². The van der Waals surface area contributed by atoms with Gasteiger partial charge in [-0.05, 0) is 31.5 Å². The Kier molecular flexibility index (Phi) is 3.63. The molecule has 0 spiro atoms. The summed E-state index contributed by atoms with van der Waals surface area (Å²) >= 11 is 0. The molecule has 1 rings (SSSR count). The second-order valence-corrected chi connectivity index (χ2v) is 3.41. The van der Waals surface area contributed by atoms with Crippen molar-refractivity contribution in [1.29, 1.82) is 0 Å². The van der Waals surface area contributed by atoms with Crippen LogP contribution >= 0.6 is 0 Å². The fourth-order valence-corrected chi connectivity index (χ4v) is 1.01. The summed E-state index contributed by atoms with van der Waals surface area (Å²) in [5.74, 6) is 0.00666.